The summed E-state index contributed by atoms with van der Waals surface area (Å²) in [6.07, 6.45) is 3.75. The number of rotatable bonds is 4. The maximum Gasteiger partial charge on any atom is 0.0619 e. The quantitative estimate of drug-likeness (QED) is 0.658. The van der Waals surface area contributed by atoms with Crippen molar-refractivity contribution in [2.24, 2.45) is 0 Å². The molecule has 0 radical (unpaired) electrons. The van der Waals surface area contributed by atoms with Crippen molar-refractivity contribution in [3.8, 4) is 0 Å². The van der Waals surface area contributed by atoms with Gasteiger partial charge in [-0.3, -0.25) is 0 Å². The highest BCUT2D eigenvalue weighted by Crippen LogP contribution is 2.04. The van der Waals surface area contributed by atoms with E-state index in [9.17, 15) is 0 Å². The lowest BCUT2D eigenvalue weighted by atomic mass is 10.2. The molecule has 1 fully saturated rings. The van der Waals surface area contributed by atoms with E-state index >= 15 is 0 Å². The fourth-order valence-corrected chi connectivity index (χ4v) is 1.27. The Balaban J connectivity index is 0.000000561. The van der Waals surface area contributed by atoms with Crippen molar-refractivity contribution in [1.82, 2.24) is 5.32 Å². The van der Waals surface area contributed by atoms with Gasteiger partial charge in [-0.1, -0.05) is 20.8 Å². The Labute approximate surface area is 76.7 Å². The van der Waals surface area contributed by atoms with Crippen LogP contribution < -0.4 is 5.32 Å². The van der Waals surface area contributed by atoms with Gasteiger partial charge in [0.05, 0.1) is 6.61 Å². The Morgan fingerprint density at radius 3 is 2.67 bits per heavy atom. The normalized spacial score (nSPS) is 21.8. The molecule has 1 heterocycles. The predicted molar refractivity (Wildman–Crippen MR) is 53.5 cm³/mol. The molecule has 0 aromatic heterocycles. The summed E-state index contributed by atoms with van der Waals surface area (Å²) >= 11 is 0. The van der Waals surface area contributed by atoms with Crippen molar-refractivity contribution < 1.29 is 4.74 Å². The second kappa shape index (κ2) is 9.01. The number of hydrogen-bond acceptors (Lipinski definition) is 2. The highest BCUT2D eigenvalue weighted by molar-refractivity contribution is 4.72. The molecule has 0 aromatic rings. The number of hydrogen-bond donors (Lipinski definition) is 1. The van der Waals surface area contributed by atoms with Crippen molar-refractivity contribution >= 4 is 0 Å². The first-order chi connectivity index (χ1) is 5.93. The molecule has 0 aromatic carbocycles. The summed E-state index contributed by atoms with van der Waals surface area (Å²) < 4.78 is 5.40. The summed E-state index contributed by atoms with van der Waals surface area (Å²) in [5.74, 6) is 0. The minimum absolute atomic E-state index is 0.645. The Kier molecular flexibility index (Phi) is 8.95. The van der Waals surface area contributed by atoms with Gasteiger partial charge in [0.25, 0.3) is 0 Å². The third-order valence-electron chi connectivity index (χ3n) is 1.83. The number of nitrogens with one attached hydrogen (secondary N) is 1. The fourth-order valence-electron chi connectivity index (χ4n) is 1.27. The third kappa shape index (κ3) is 5.56. The second-order valence-corrected chi connectivity index (χ2v) is 2.87. The van der Waals surface area contributed by atoms with E-state index < -0.39 is 0 Å². The molecule has 1 unspecified atom stereocenters. The average Bonchev–Trinajstić information content (AvgIpc) is 2.61. The van der Waals surface area contributed by atoms with E-state index in [0.717, 1.165) is 19.6 Å². The van der Waals surface area contributed by atoms with Crippen LogP contribution in [-0.4, -0.2) is 25.8 Å². The molecule has 74 valence electrons. The molecule has 2 nitrogen and oxygen atoms in total. The Morgan fingerprint density at radius 1 is 1.42 bits per heavy atom. The van der Waals surface area contributed by atoms with Crippen LogP contribution in [0.1, 0.15) is 40.0 Å². The Hall–Kier alpha value is -0.0800. The van der Waals surface area contributed by atoms with Gasteiger partial charge < -0.3 is 10.1 Å². The SMILES string of the molecule is CC.CCCOCC1CCCN1. The molecule has 0 amide bonds. The van der Waals surface area contributed by atoms with Crippen molar-refractivity contribution in [2.45, 2.75) is 46.1 Å². The van der Waals surface area contributed by atoms with Crippen molar-refractivity contribution in [1.29, 1.82) is 0 Å². The monoisotopic (exact) mass is 173 g/mol. The molecule has 1 atom stereocenters. The van der Waals surface area contributed by atoms with E-state index in [1.54, 1.807) is 0 Å². The molecule has 1 rings (SSSR count). The second-order valence-electron chi connectivity index (χ2n) is 2.87. The lowest BCUT2D eigenvalue weighted by Gasteiger charge is -2.09. The summed E-state index contributed by atoms with van der Waals surface area (Å²) in [6, 6.07) is 0.645. The standard InChI is InChI=1S/C8H17NO.C2H6/c1-2-6-10-7-8-4-3-5-9-8;1-2/h8-9H,2-7H2,1H3;1-2H3. The summed E-state index contributed by atoms with van der Waals surface area (Å²) in [4.78, 5) is 0. The van der Waals surface area contributed by atoms with Gasteiger partial charge in [0, 0.05) is 12.6 Å². The molecule has 12 heavy (non-hydrogen) atoms. The molecule has 2 heteroatoms. The van der Waals surface area contributed by atoms with Crippen LogP contribution in [0.25, 0.3) is 0 Å². The maximum absolute atomic E-state index is 5.40. The predicted octanol–water partition coefficient (Wildman–Crippen LogP) is 2.19. The molecule has 0 aliphatic carbocycles. The van der Waals surface area contributed by atoms with E-state index in [0.29, 0.717) is 6.04 Å². The van der Waals surface area contributed by atoms with Crippen LogP contribution in [0.4, 0.5) is 0 Å². The summed E-state index contributed by atoms with van der Waals surface area (Å²) in [5.41, 5.74) is 0. The van der Waals surface area contributed by atoms with Gasteiger partial charge >= 0.3 is 0 Å². The van der Waals surface area contributed by atoms with E-state index in [-0.39, 0.29) is 0 Å². The highest BCUT2D eigenvalue weighted by atomic mass is 16.5. The van der Waals surface area contributed by atoms with Gasteiger partial charge in [-0.2, -0.15) is 0 Å². The van der Waals surface area contributed by atoms with Crippen LogP contribution in [-0.2, 0) is 4.74 Å². The summed E-state index contributed by atoms with van der Waals surface area (Å²) in [5, 5.41) is 3.39. The van der Waals surface area contributed by atoms with Gasteiger partial charge in [0.15, 0.2) is 0 Å². The average molecular weight is 173 g/mol. The van der Waals surface area contributed by atoms with Gasteiger partial charge in [-0.05, 0) is 25.8 Å². The molecule has 1 aliphatic rings. The highest BCUT2D eigenvalue weighted by Gasteiger charge is 2.12. The summed E-state index contributed by atoms with van der Waals surface area (Å²) in [6.45, 7) is 9.15. The maximum atomic E-state index is 5.40. The van der Waals surface area contributed by atoms with Crippen molar-refractivity contribution in [3.63, 3.8) is 0 Å². The van der Waals surface area contributed by atoms with E-state index in [1.165, 1.54) is 19.4 Å². The van der Waals surface area contributed by atoms with Crippen LogP contribution in [0.3, 0.4) is 0 Å². The van der Waals surface area contributed by atoms with E-state index in [2.05, 4.69) is 12.2 Å². The van der Waals surface area contributed by atoms with Crippen LogP contribution in [0.15, 0.2) is 0 Å². The van der Waals surface area contributed by atoms with Crippen molar-refractivity contribution in [3.05, 3.63) is 0 Å². The first-order valence-corrected chi connectivity index (χ1v) is 5.24. The number of ether oxygens (including phenoxy) is 1. The molecular formula is C10H23NO. The first-order valence-electron chi connectivity index (χ1n) is 5.24. The molecule has 1 N–H and O–H groups in total. The van der Waals surface area contributed by atoms with Crippen LogP contribution in [0, 0.1) is 0 Å². The summed E-state index contributed by atoms with van der Waals surface area (Å²) in [7, 11) is 0. The topological polar surface area (TPSA) is 21.3 Å². The van der Waals surface area contributed by atoms with Gasteiger partial charge in [-0.15, -0.1) is 0 Å². The lowest BCUT2D eigenvalue weighted by Crippen LogP contribution is -2.26. The zero-order chi connectivity index (χ0) is 9.23. The minimum atomic E-state index is 0.645. The molecule has 0 spiro atoms. The Bertz CT molecular complexity index is 79.9. The zero-order valence-electron chi connectivity index (χ0n) is 8.73. The lowest BCUT2D eigenvalue weighted by molar-refractivity contribution is 0.117. The molecular weight excluding hydrogens is 150 g/mol. The largest absolute Gasteiger partial charge is 0.380 e. The molecule has 0 saturated carbocycles. The van der Waals surface area contributed by atoms with Crippen LogP contribution in [0.2, 0.25) is 0 Å². The first kappa shape index (κ1) is 11.9. The molecule has 0 bridgehead atoms. The van der Waals surface area contributed by atoms with Gasteiger partial charge in [0.1, 0.15) is 0 Å². The fraction of sp³-hybridized carbons (Fsp3) is 1.00. The smallest absolute Gasteiger partial charge is 0.0619 e. The van der Waals surface area contributed by atoms with Gasteiger partial charge in [0.2, 0.25) is 0 Å². The van der Waals surface area contributed by atoms with Crippen LogP contribution >= 0.6 is 0 Å². The third-order valence-corrected chi connectivity index (χ3v) is 1.83. The Morgan fingerprint density at radius 2 is 2.17 bits per heavy atom. The van der Waals surface area contributed by atoms with Crippen LogP contribution in [0.5, 0.6) is 0 Å². The molecule has 1 aliphatic heterocycles. The molecule has 1 saturated heterocycles. The minimum Gasteiger partial charge on any atom is -0.380 e. The van der Waals surface area contributed by atoms with E-state index in [1.807, 2.05) is 13.8 Å². The zero-order valence-corrected chi connectivity index (χ0v) is 8.73. The van der Waals surface area contributed by atoms with Gasteiger partial charge in [-0.25, -0.2) is 0 Å². The van der Waals surface area contributed by atoms with E-state index in [4.69, 9.17) is 4.74 Å². The van der Waals surface area contributed by atoms with Crippen molar-refractivity contribution in [2.75, 3.05) is 19.8 Å².